The molecule has 0 aromatic carbocycles. The van der Waals surface area contributed by atoms with Crippen LogP contribution in [0.15, 0.2) is 15.9 Å². The molecule has 2 heterocycles. The Labute approximate surface area is 116 Å². The maximum atomic E-state index is 3.52. The van der Waals surface area contributed by atoms with Gasteiger partial charge in [0.05, 0.1) is 0 Å². The number of thiophene rings is 1. The summed E-state index contributed by atoms with van der Waals surface area (Å²) in [7, 11) is 0. The van der Waals surface area contributed by atoms with E-state index >= 15 is 0 Å². The van der Waals surface area contributed by atoms with Gasteiger partial charge < -0.3 is 4.90 Å². The van der Waals surface area contributed by atoms with E-state index in [1.165, 1.54) is 54.9 Å². The van der Waals surface area contributed by atoms with Crippen molar-refractivity contribution in [3.63, 3.8) is 0 Å². The van der Waals surface area contributed by atoms with E-state index in [0.717, 1.165) is 12.5 Å². The van der Waals surface area contributed by atoms with Crippen molar-refractivity contribution in [2.45, 2.75) is 19.4 Å². The quantitative estimate of drug-likeness (QED) is 0.843. The van der Waals surface area contributed by atoms with Gasteiger partial charge in [-0.25, -0.2) is 0 Å². The Hall–Kier alpha value is 0.1000. The third-order valence-electron chi connectivity index (χ3n) is 3.68. The Morgan fingerprint density at radius 3 is 2.47 bits per heavy atom. The fourth-order valence-electron chi connectivity index (χ4n) is 2.45. The van der Waals surface area contributed by atoms with Crippen molar-refractivity contribution < 1.29 is 0 Å². The molecule has 94 valence electrons. The Bertz CT molecular complexity index is 367. The summed E-state index contributed by atoms with van der Waals surface area (Å²) < 4.78 is 1.23. The third-order valence-corrected chi connectivity index (χ3v) is 5.36. The lowest BCUT2D eigenvalue weighted by Crippen LogP contribution is -2.46. The van der Waals surface area contributed by atoms with Crippen LogP contribution in [-0.4, -0.2) is 42.5 Å². The van der Waals surface area contributed by atoms with Crippen LogP contribution in [0.4, 0.5) is 0 Å². The summed E-state index contributed by atoms with van der Waals surface area (Å²) in [6, 6.07) is 2.25. The minimum absolute atomic E-state index is 1.04. The average Bonchev–Trinajstić information content (AvgIpc) is 3.04. The molecule has 0 bridgehead atoms. The summed E-state index contributed by atoms with van der Waals surface area (Å²) in [4.78, 5) is 6.72. The Morgan fingerprint density at radius 1 is 1.18 bits per heavy atom. The first-order chi connectivity index (χ1) is 8.29. The van der Waals surface area contributed by atoms with Gasteiger partial charge >= 0.3 is 0 Å². The summed E-state index contributed by atoms with van der Waals surface area (Å²) in [6.45, 7) is 7.50. The second-order valence-electron chi connectivity index (χ2n) is 5.25. The molecule has 0 spiro atoms. The van der Waals surface area contributed by atoms with E-state index in [0.29, 0.717) is 0 Å². The van der Waals surface area contributed by atoms with Gasteiger partial charge in [0, 0.05) is 54.0 Å². The van der Waals surface area contributed by atoms with Crippen LogP contribution in [0.1, 0.15) is 17.7 Å². The SMILES string of the molecule is Brc1csc(CN2CCN(CC3CC3)CC2)c1. The van der Waals surface area contributed by atoms with Crippen molar-refractivity contribution in [2.24, 2.45) is 5.92 Å². The van der Waals surface area contributed by atoms with Crippen molar-refractivity contribution in [1.29, 1.82) is 0 Å². The number of hydrogen-bond acceptors (Lipinski definition) is 3. The number of halogens is 1. The molecule has 3 rings (SSSR count). The highest BCUT2D eigenvalue weighted by molar-refractivity contribution is 9.10. The molecule has 17 heavy (non-hydrogen) atoms. The van der Waals surface area contributed by atoms with E-state index in [9.17, 15) is 0 Å². The van der Waals surface area contributed by atoms with Crippen molar-refractivity contribution in [1.82, 2.24) is 9.80 Å². The topological polar surface area (TPSA) is 6.48 Å². The highest BCUT2D eigenvalue weighted by atomic mass is 79.9. The van der Waals surface area contributed by atoms with Gasteiger partial charge in [-0.1, -0.05) is 0 Å². The summed E-state index contributed by atoms with van der Waals surface area (Å²) >= 11 is 5.39. The summed E-state index contributed by atoms with van der Waals surface area (Å²) in [5.74, 6) is 1.04. The van der Waals surface area contributed by atoms with Gasteiger partial charge in [-0.3, -0.25) is 4.90 Å². The summed E-state index contributed by atoms with van der Waals surface area (Å²) in [6.07, 6.45) is 2.95. The minimum Gasteiger partial charge on any atom is -0.301 e. The summed E-state index contributed by atoms with van der Waals surface area (Å²) in [5, 5.41) is 2.18. The third kappa shape index (κ3) is 3.53. The van der Waals surface area contributed by atoms with E-state index in [1.807, 2.05) is 11.3 Å². The minimum atomic E-state index is 1.04. The molecular weight excluding hydrogens is 296 g/mol. The zero-order valence-electron chi connectivity index (χ0n) is 10.1. The van der Waals surface area contributed by atoms with Gasteiger partial charge in [0.15, 0.2) is 0 Å². The molecular formula is C13H19BrN2S. The standard InChI is InChI=1S/C13H19BrN2S/c14-12-7-13(17-10-12)9-16-5-3-15(4-6-16)8-11-1-2-11/h7,10-11H,1-6,8-9H2. The van der Waals surface area contributed by atoms with E-state index in [1.54, 1.807) is 0 Å². The summed E-state index contributed by atoms with van der Waals surface area (Å²) in [5.41, 5.74) is 0. The first kappa shape index (κ1) is 12.2. The molecule has 0 atom stereocenters. The van der Waals surface area contributed by atoms with Gasteiger partial charge in [-0.2, -0.15) is 0 Å². The maximum Gasteiger partial charge on any atom is 0.0329 e. The fraction of sp³-hybridized carbons (Fsp3) is 0.692. The highest BCUT2D eigenvalue weighted by Crippen LogP contribution is 2.30. The van der Waals surface area contributed by atoms with Crippen LogP contribution < -0.4 is 0 Å². The normalized spacial score (nSPS) is 23.1. The van der Waals surface area contributed by atoms with Crippen LogP contribution in [0.25, 0.3) is 0 Å². The zero-order chi connectivity index (χ0) is 11.7. The van der Waals surface area contributed by atoms with Gasteiger partial charge in [-0.15, -0.1) is 11.3 Å². The van der Waals surface area contributed by atoms with Crippen molar-refractivity contribution in [3.05, 3.63) is 20.8 Å². The number of hydrogen-bond donors (Lipinski definition) is 0. The van der Waals surface area contributed by atoms with Crippen LogP contribution in [0.5, 0.6) is 0 Å². The molecule has 1 saturated carbocycles. The molecule has 0 radical (unpaired) electrons. The van der Waals surface area contributed by atoms with Gasteiger partial charge in [-0.05, 0) is 40.8 Å². The maximum absolute atomic E-state index is 3.52. The second kappa shape index (κ2) is 5.39. The van der Waals surface area contributed by atoms with Crippen LogP contribution in [0.3, 0.4) is 0 Å². The number of piperazine rings is 1. The molecule has 1 aliphatic heterocycles. The number of rotatable bonds is 4. The molecule has 1 saturated heterocycles. The zero-order valence-corrected chi connectivity index (χ0v) is 12.5. The highest BCUT2D eigenvalue weighted by Gasteiger charge is 2.26. The lowest BCUT2D eigenvalue weighted by atomic mass is 10.2. The number of nitrogens with zero attached hydrogens (tertiary/aromatic N) is 2. The lowest BCUT2D eigenvalue weighted by Gasteiger charge is -2.34. The van der Waals surface area contributed by atoms with E-state index in [2.05, 4.69) is 37.2 Å². The molecule has 2 fully saturated rings. The Kier molecular flexibility index (Phi) is 3.85. The van der Waals surface area contributed by atoms with Crippen LogP contribution in [0.2, 0.25) is 0 Å². The molecule has 1 aromatic rings. The molecule has 2 nitrogen and oxygen atoms in total. The van der Waals surface area contributed by atoms with E-state index < -0.39 is 0 Å². The van der Waals surface area contributed by atoms with Gasteiger partial charge in [0.25, 0.3) is 0 Å². The Balaban J connectivity index is 1.44. The van der Waals surface area contributed by atoms with Crippen molar-refractivity contribution >= 4 is 27.3 Å². The first-order valence-corrected chi connectivity index (χ1v) is 8.14. The second-order valence-corrected chi connectivity index (χ2v) is 7.16. The predicted octanol–water partition coefficient (Wildman–Crippen LogP) is 3.04. The Morgan fingerprint density at radius 2 is 1.88 bits per heavy atom. The molecule has 1 aliphatic carbocycles. The van der Waals surface area contributed by atoms with Crippen molar-refractivity contribution in [3.8, 4) is 0 Å². The predicted molar refractivity (Wildman–Crippen MR) is 76.5 cm³/mol. The average molecular weight is 315 g/mol. The van der Waals surface area contributed by atoms with Gasteiger partial charge in [0.2, 0.25) is 0 Å². The molecule has 0 amide bonds. The van der Waals surface area contributed by atoms with Gasteiger partial charge in [0.1, 0.15) is 0 Å². The van der Waals surface area contributed by atoms with E-state index in [-0.39, 0.29) is 0 Å². The van der Waals surface area contributed by atoms with Crippen molar-refractivity contribution in [2.75, 3.05) is 32.7 Å². The molecule has 0 unspecified atom stereocenters. The van der Waals surface area contributed by atoms with E-state index in [4.69, 9.17) is 0 Å². The fourth-order valence-corrected chi connectivity index (χ4v) is 3.95. The molecule has 1 aromatic heterocycles. The largest absolute Gasteiger partial charge is 0.301 e. The van der Waals surface area contributed by atoms with Crippen LogP contribution in [0, 0.1) is 5.92 Å². The first-order valence-electron chi connectivity index (χ1n) is 6.47. The lowest BCUT2D eigenvalue weighted by molar-refractivity contribution is 0.124. The van der Waals surface area contributed by atoms with Crippen LogP contribution in [-0.2, 0) is 6.54 Å². The molecule has 2 aliphatic rings. The molecule has 0 N–H and O–H groups in total. The van der Waals surface area contributed by atoms with Crippen LogP contribution >= 0.6 is 27.3 Å². The monoisotopic (exact) mass is 314 g/mol. The molecule has 4 heteroatoms. The smallest absolute Gasteiger partial charge is 0.0329 e.